The molecule has 7 atom stereocenters. The lowest BCUT2D eigenvalue weighted by atomic mass is 9.84. The molecule has 5 heteroatoms. The fourth-order valence-electron chi connectivity index (χ4n) is 3.89. The van der Waals surface area contributed by atoms with Crippen LogP contribution in [0.5, 0.6) is 0 Å². The fourth-order valence-corrected chi connectivity index (χ4v) is 3.89. The molecular weight excluding hydrogens is 306 g/mol. The van der Waals surface area contributed by atoms with E-state index in [0.717, 1.165) is 12.0 Å². The SMILES string of the molecule is CCC1O[C@H]2C(ON(C)[C@@H]2[C@@H](C)OCc2ccccc2)[C@@H](C)[C@H]1O. The van der Waals surface area contributed by atoms with Crippen LogP contribution in [-0.4, -0.2) is 53.8 Å². The van der Waals surface area contributed by atoms with Gasteiger partial charge in [-0.05, 0) is 18.9 Å². The van der Waals surface area contributed by atoms with E-state index in [2.05, 4.69) is 19.1 Å². The third-order valence-electron chi connectivity index (χ3n) is 5.38. The van der Waals surface area contributed by atoms with Gasteiger partial charge in [0.25, 0.3) is 0 Å². The maximum absolute atomic E-state index is 10.4. The molecule has 24 heavy (non-hydrogen) atoms. The summed E-state index contributed by atoms with van der Waals surface area (Å²) in [6.07, 6.45) is -0.0660. The minimum absolute atomic E-state index is 0.0164. The molecule has 2 aliphatic rings. The van der Waals surface area contributed by atoms with Crippen molar-refractivity contribution in [1.82, 2.24) is 5.06 Å². The number of hydroxylamine groups is 2. The zero-order valence-corrected chi connectivity index (χ0v) is 15.0. The number of rotatable bonds is 5. The van der Waals surface area contributed by atoms with Crippen molar-refractivity contribution in [2.24, 2.45) is 5.92 Å². The van der Waals surface area contributed by atoms with Gasteiger partial charge in [0.05, 0.1) is 31.0 Å². The molecule has 0 saturated carbocycles. The van der Waals surface area contributed by atoms with E-state index in [-0.39, 0.29) is 36.4 Å². The lowest BCUT2D eigenvalue weighted by molar-refractivity contribution is -0.210. The van der Waals surface area contributed by atoms with Crippen molar-refractivity contribution in [2.75, 3.05) is 7.05 Å². The summed E-state index contributed by atoms with van der Waals surface area (Å²) in [5.41, 5.74) is 1.15. The highest BCUT2D eigenvalue weighted by atomic mass is 16.7. The summed E-state index contributed by atoms with van der Waals surface area (Å²) < 4.78 is 12.3. The van der Waals surface area contributed by atoms with Crippen molar-refractivity contribution in [1.29, 1.82) is 0 Å². The van der Waals surface area contributed by atoms with Crippen LogP contribution in [-0.2, 0) is 20.9 Å². The standard InChI is InChI=1S/C19H29NO4/c1-5-15-17(21)12(2)18-19(23-15)16(20(4)24-18)13(3)22-11-14-9-7-6-8-10-14/h6-10,12-13,15-19,21H,5,11H2,1-4H3/t12-,13+,15?,16+,17+,18?,19+/m0/s1. The minimum atomic E-state index is -0.482. The minimum Gasteiger partial charge on any atom is -0.390 e. The predicted octanol–water partition coefficient (Wildman–Crippen LogP) is 2.38. The lowest BCUT2D eigenvalue weighted by Crippen LogP contribution is -2.55. The normalized spacial score (nSPS) is 38.0. The number of likely N-dealkylation sites (N-methyl/N-ethyl adjacent to an activating group) is 1. The first-order valence-corrected chi connectivity index (χ1v) is 8.91. The first kappa shape index (κ1) is 17.8. The molecule has 2 unspecified atom stereocenters. The van der Waals surface area contributed by atoms with Gasteiger partial charge in [-0.3, -0.25) is 4.84 Å². The van der Waals surface area contributed by atoms with Gasteiger partial charge in [0, 0.05) is 13.0 Å². The largest absolute Gasteiger partial charge is 0.390 e. The van der Waals surface area contributed by atoms with E-state index in [1.807, 2.05) is 44.2 Å². The number of fused-ring (bicyclic) bond motifs is 1. The molecule has 2 aliphatic heterocycles. The zero-order valence-electron chi connectivity index (χ0n) is 15.0. The number of hydrogen-bond acceptors (Lipinski definition) is 5. The highest BCUT2D eigenvalue weighted by Gasteiger charge is 2.54. The van der Waals surface area contributed by atoms with E-state index in [0.29, 0.717) is 6.61 Å². The molecule has 2 heterocycles. The average molecular weight is 335 g/mol. The molecule has 0 aromatic heterocycles. The molecule has 1 aromatic rings. The van der Waals surface area contributed by atoms with Crippen LogP contribution in [0.4, 0.5) is 0 Å². The molecule has 1 N–H and O–H groups in total. The van der Waals surface area contributed by atoms with Gasteiger partial charge in [-0.15, -0.1) is 0 Å². The second kappa shape index (κ2) is 7.50. The zero-order chi connectivity index (χ0) is 17.3. The Morgan fingerprint density at radius 2 is 1.96 bits per heavy atom. The van der Waals surface area contributed by atoms with Gasteiger partial charge >= 0.3 is 0 Å². The van der Waals surface area contributed by atoms with Crippen molar-refractivity contribution in [3.05, 3.63) is 35.9 Å². The number of aliphatic hydroxyl groups is 1. The van der Waals surface area contributed by atoms with Gasteiger partial charge in [-0.1, -0.05) is 44.2 Å². The smallest absolute Gasteiger partial charge is 0.112 e. The van der Waals surface area contributed by atoms with E-state index < -0.39 is 6.10 Å². The molecule has 134 valence electrons. The van der Waals surface area contributed by atoms with Crippen LogP contribution < -0.4 is 0 Å². The van der Waals surface area contributed by atoms with Gasteiger partial charge in [-0.25, -0.2) is 0 Å². The molecule has 0 aliphatic carbocycles. The summed E-state index contributed by atoms with van der Waals surface area (Å²) in [4.78, 5) is 5.99. The average Bonchev–Trinajstić information content (AvgIpc) is 2.93. The van der Waals surface area contributed by atoms with E-state index in [4.69, 9.17) is 14.3 Å². The van der Waals surface area contributed by atoms with Crippen LogP contribution >= 0.6 is 0 Å². The number of ether oxygens (including phenoxy) is 2. The summed E-state index contributed by atoms with van der Waals surface area (Å²) in [5.74, 6) is 0.0440. The van der Waals surface area contributed by atoms with Crippen molar-refractivity contribution in [3.63, 3.8) is 0 Å². The Balaban J connectivity index is 1.68. The Bertz CT molecular complexity index is 525. The Morgan fingerprint density at radius 1 is 1.25 bits per heavy atom. The monoisotopic (exact) mass is 335 g/mol. The van der Waals surface area contributed by atoms with Crippen molar-refractivity contribution >= 4 is 0 Å². The van der Waals surface area contributed by atoms with E-state index in [1.165, 1.54) is 0 Å². The molecule has 0 bridgehead atoms. The molecule has 3 rings (SSSR count). The number of benzene rings is 1. The quantitative estimate of drug-likeness (QED) is 0.895. The Morgan fingerprint density at radius 3 is 2.62 bits per heavy atom. The molecular formula is C19H29NO4. The molecule has 5 nitrogen and oxygen atoms in total. The van der Waals surface area contributed by atoms with Gasteiger partial charge in [0.1, 0.15) is 12.2 Å². The molecule has 0 amide bonds. The highest BCUT2D eigenvalue weighted by Crippen LogP contribution is 2.38. The van der Waals surface area contributed by atoms with E-state index in [1.54, 1.807) is 0 Å². The summed E-state index contributed by atoms with van der Waals surface area (Å²) in [7, 11) is 1.93. The summed E-state index contributed by atoms with van der Waals surface area (Å²) in [5, 5.41) is 12.2. The molecule has 0 radical (unpaired) electrons. The number of hydrogen-bond donors (Lipinski definition) is 1. The van der Waals surface area contributed by atoms with Gasteiger partial charge in [-0.2, -0.15) is 5.06 Å². The lowest BCUT2D eigenvalue weighted by Gasteiger charge is -2.41. The second-order valence-electron chi connectivity index (χ2n) is 7.01. The van der Waals surface area contributed by atoms with Gasteiger partial charge < -0.3 is 14.6 Å². The third-order valence-corrected chi connectivity index (χ3v) is 5.38. The van der Waals surface area contributed by atoms with Crippen molar-refractivity contribution in [3.8, 4) is 0 Å². The highest BCUT2D eigenvalue weighted by molar-refractivity contribution is 5.13. The molecule has 2 saturated heterocycles. The van der Waals surface area contributed by atoms with E-state index in [9.17, 15) is 5.11 Å². The second-order valence-corrected chi connectivity index (χ2v) is 7.01. The van der Waals surface area contributed by atoms with Crippen LogP contribution in [0.15, 0.2) is 30.3 Å². The van der Waals surface area contributed by atoms with Crippen LogP contribution in [0.1, 0.15) is 32.8 Å². The first-order valence-electron chi connectivity index (χ1n) is 8.91. The summed E-state index contributed by atoms with van der Waals surface area (Å²) in [6.45, 7) is 6.72. The van der Waals surface area contributed by atoms with Crippen LogP contribution in [0.3, 0.4) is 0 Å². The van der Waals surface area contributed by atoms with Crippen LogP contribution in [0, 0.1) is 5.92 Å². The molecule has 2 fully saturated rings. The fraction of sp³-hybridized carbons (Fsp3) is 0.684. The maximum atomic E-state index is 10.4. The topological polar surface area (TPSA) is 51.2 Å². The Hall–Kier alpha value is -0.980. The Kier molecular flexibility index (Phi) is 5.57. The maximum Gasteiger partial charge on any atom is 0.112 e. The summed E-state index contributed by atoms with van der Waals surface area (Å²) >= 11 is 0. The first-order chi connectivity index (χ1) is 11.5. The van der Waals surface area contributed by atoms with E-state index >= 15 is 0 Å². The summed E-state index contributed by atoms with van der Waals surface area (Å²) in [6, 6.07) is 10.2. The van der Waals surface area contributed by atoms with Crippen LogP contribution in [0.2, 0.25) is 0 Å². The van der Waals surface area contributed by atoms with Gasteiger partial charge in [0.15, 0.2) is 0 Å². The number of aliphatic hydroxyl groups excluding tert-OH is 1. The van der Waals surface area contributed by atoms with Gasteiger partial charge in [0.2, 0.25) is 0 Å². The van der Waals surface area contributed by atoms with Crippen LogP contribution in [0.25, 0.3) is 0 Å². The predicted molar refractivity (Wildman–Crippen MR) is 91.2 cm³/mol. The molecule has 1 aromatic carbocycles. The third kappa shape index (κ3) is 3.37. The van der Waals surface area contributed by atoms with Crippen molar-refractivity contribution in [2.45, 2.75) is 70.4 Å². The number of nitrogens with zero attached hydrogens (tertiary/aromatic N) is 1. The Labute approximate surface area is 144 Å². The van der Waals surface area contributed by atoms with Crippen molar-refractivity contribution < 1.29 is 19.4 Å². The molecule has 0 spiro atoms.